The first-order chi connectivity index (χ1) is 12.0. The number of rotatable bonds is 4. The third-order valence-corrected chi connectivity index (χ3v) is 4.74. The van der Waals surface area contributed by atoms with Gasteiger partial charge in [0.25, 0.3) is 5.91 Å². The highest BCUT2D eigenvalue weighted by molar-refractivity contribution is 5.96. The van der Waals surface area contributed by atoms with Crippen LogP contribution >= 0.6 is 0 Å². The van der Waals surface area contributed by atoms with E-state index in [1.54, 1.807) is 0 Å². The Kier molecular flexibility index (Phi) is 3.67. The van der Waals surface area contributed by atoms with Crippen molar-refractivity contribution < 1.29 is 4.79 Å². The zero-order valence-corrected chi connectivity index (χ0v) is 14.6. The first kappa shape index (κ1) is 15.6. The van der Waals surface area contributed by atoms with Gasteiger partial charge < -0.3 is 10.6 Å². The van der Waals surface area contributed by atoms with Gasteiger partial charge >= 0.3 is 0 Å². The smallest absolute Gasteiger partial charge is 0.251 e. The summed E-state index contributed by atoms with van der Waals surface area (Å²) in [5, 5.41) is 10.7. The molecule has 6 heteroatoms. The highest BCUT2D eigenvalue weighted by Gasteiger charge is 2.24. The Balaban J connectivity index is 1.69. The number of anilines is 2. The third kappa shape index (κ3) is 2.95. The number of fused-ring (bicyclic) bond motifs is 1. The maximum Gasteiger partial charge on any atom is 0.251 e. The van der Waals surface area contributed by atoms with Gasteiger partial charge in [-0.05, 0) is 62.4 Å². The van der Waals surface area contributed by atoms with E-state index >= 15 is 0 Å². The summed E-state index contributed by atoms with van der Waals surface area (Å²) in [6.07, 6.45) is 5.68. The number of benzene rings is 1. The van der Waals surface area contributed by atoms with Crippen LogP contribution in [-0.2, 0) is 0 Å². The largest absolute Gasteiger partial charge is 0.349 e. The minimum atomic E-state index is -0.0203. The summed E-state index contributed by atoms with van der Waals surface area (Å²) in [6, 6.07) is 6.05. The Bertz CT molecular complexity index is 971. The van der Waals surface area contributed by atoms with E-state index in [-0.39, 0.29) is 5.91 Å². The van der Waals surface area contributed by atoms with Gasteiger partial charge in [0.1, 0.15) is 11.8 Å². The Labute approximate surface area is 146 Å². The van der Waals surface area contributed by atoms with E-state index < -0.39 is 0 Å². The van der Waals surface area contributed by atoms with E-state index in [1.165, 1.54) is 6.33 Å². The lowest BCUT2D eigenvalue weighted by Gasteiger charge is -2.12. The lowest BCUT2D eigenvalue weighted by Crippen LogP contribution is -2.25. The van der Waals surface area contributed by atoms with Crippen LogP contribution in [0.2, 0.25) is 0 Å². The number of nitrogens with one attached hydrogen (secondary N) is 2. The maximum absolute atomic E-state index is 12.3. The number of aromatic nitrogens is 3. The van der Waals surface area contributed by atoms with Crippen molar-refractivity contribution in [2.45, 2.75) is 39.7 Å². The number of aryl methyl sites for hydroxylation is 3. The van der Waals surface area contributed by atoms with Crippen LogP contribution in [0.4, 0.5) is 11.5 Å². The molecule has 1 saturated carbocycles. The van der Waals surface area contributed by atoms with Gasteiger partial charge in [-0.2, -0.15) is 5.10 Å². The molecule has 0 spiro atoms. The topological polar surface area (TPSA) is 71.3 Å². The second-order valence-electron chi connectivity index (χ2n) is 6.74. The number of carbonyl (C=O) groups excluding carboxylic acids is 1. The molecule has 25 heavy (non-hydrogen) atoms. The molecule has 1 aliphatic rings. The number of carbonyl (C=O) groups is 1. The monoisotopic (exact) mass is 335 g/mol. The third-order valence-electron chi connectivity index (χ3n) is 4.74. The SMILES string of the molecule is Cc1ccc(C(=O)NC2CC2)cc1Nc1ncnn2cc(C)c(C)c12. The molecular formula is C19H21N5O. The van der Waals surface area contributed by atoms with Crippen molar-refractivity contribution in [1.29, 1.82) is 0 Å². The molecule has 2 heterocycles. The van der Waals surface area contributed by atoms with Crippen molar-refractivity contribution >= 4 is 22.9 Å². The molecule has 2 aromatic heterocycles. The number of hydrogen-bond acceptors (Lipinski definition) is 4. The fourth-order valence-electron chi connectivity index (χ4n) is 2.89. The Morgan fingerprint density at radius 3 is 2.76 bits per heavy atom. The summed E-state index contributed by atoms with van der Waals surface area (Å²) in [4.78, 5) is 16.7. The van der Waals surface area contributed by atoms with E-state index in [2.05, 4.69) is 34.6 Å². The standard InChI is InChI=1S/C19H21N5O/c1-11-4-5-14(19(25)22-15-6-7-15)8-16(11)23-18-17-13(3)12(2)9-24(17)21-10-20-18/h4-5,8-10,15H,6-7H2,1-3H3,(H,22,25)(H,20,21,23). The molecule has 0 bridgehead atoms. The van der Waals surface area contributed by atoms with Crippen molar-refractivity contribution in [2.75, 3.05) is 5.32 Å². The zero-order chi connectivity index (χ0) is 17.6. The molecule has 0 radical (unpaired) electrons. The van der Waals surface area contributed by atoms with E-state index in [4.69, 9.17) is 0 Å². The first-order valence-corrected chi connectivity index (χ1v) is 8.51. The van der Waals surface area contributed by atoms with E-state index in [0.717, 1.165) is 46.6 Å². The molecule has 3 aromatic rings. The van der Waals surface area contributed by atoms with E-state index in [0.29, 0.717) is 11.6 Å². The van der Waals surface area contributed by atoms with Gasteiger partial charge in [0, 0.05) is 23.5 Å². The maximum atomic E-state index is 12.3. The predicted octanol–water partition coefficient (Wildman–Crippen LogP) is 3.29. The number of hydrogen-bond donors (Lipinski definition) is 2. The van der Waals surface area contributed by atoms with E-state index in [9.17, 15) is 4.79 Å². The van der Waals surface area contributed by atoms with Crippen LogP contribution in [0.5, 0.6) is 0 Å². The second-order valence-corrected chi connectivity index (χ2v) is 6.74. The van der Waals surface area contributed by atoms with Gasteiger partial charge in [-0.1, -0.05) is 6.07 Å². The van der Waals surface area contributed by atoms with Crippen LogP contribution in [0.3, 0.4) is 0 Å². The lowest BCUT2D eigenvalue weighted by atomic mass is 10.1. The molecule has 0 unspecified atom stereocenters. The predicted molar refractivity (Wildman–Crippen MR) is 97.4 cm³/mol. The molecule has 4 rings (SSSR count). The van der Waals surface area contributed by atoms with E-state index in [1.807, 2.05) is 35.8 Å². The summed E-state index contributed by atoms with van der Waals surface area (Å²) in [5.41, 5.74) is 5.85. The van der Waals surface area contributed by atoms with Crippen molar-refractivity contribution in [2.24, 2.45) is 0 Å². The van der Waals surface area contributed by atoms with Crippen LogP contribution in [0.25, 0.3) is 5.52 Å². The number of nitrogens with zero attached hydrogens (tertiary/aromatic N) is 3. The van der Waals surface area contributed by atoms with Gasteiger partial charge in [-0.25, -0.2) is 9.50 Å². The van der Waals surface area contributed by atoms with Crippen LogP contribution < -0.4 is 10.6 Å². The Hall–Kier alpha value is -2.89. The van der Waals surface area contributed by atoms with Gasteiger partial charge in [-0.15, -0.1) is 0 Å². The summed E-state index contributed by atoms with van der Waals surface area (Å²) in [5.74, 6) is 0.719. The molecular weight excluding hydrogens is 314 g/mol. The fourth-order valence-corrected chi connectivity index (χ4v) is 2.89. The lowest BCUT2D eigenvalue weighted by molar-refractivity contribution is 0.0951. The molecule has 1 fully saturated rings. The fraction of sp³-hybridized carbons (Fsp3) is 0.316. The molecule has 1 amide bonds. The summed E-state index contributed by atoms with van der Waals surface area (Å²) in [6.45, 7) is 6.13. The number of amides is 1. The molecule has 0 aliphatic heterocycles. The van der Waals surface area contributed by atoms with Gasteiger partial charge in [0.15, 0.2) is 5.82 Å². The Morgan fingerprint density at radius 2 is 2.00 bits per heavy atom. The summed E-state index contributed by atoms with van der Waals surface area (Å²) < 4.78 is 1.83. The van der Waals surface area contributed by atoms with Crippen LogP contribution in [0, 0.1) is 20.8 Å². The molecule has 1 aliphatic carbocycles. The molecule has 0 saturated heterocycles. The van der Waals surface area contributed by atoms with Crippen molar-refractivity contribution in [3.63, 3.8) is 0 Å². The van der Waals surface area contributed by atoms with Crippen LogP contribution in [0.1, 0.15) is 39.9 Å². The second kappa shape index (κ2) is 5.88. The van der Waals surface area contributed by atoms with Crippen molar-refractivity contribution in [3.05, 3.63) is 53.0 Å². The normalized spacial score (nSPS) is 13.9. The summed E-state index contributed by atoms with van der Waals surface area (Å²) >= 11 is 0. The van der Waals surface area contributed by atoms with Crippen molar-refractivity contribution in [1.82, 2.24) is 19.9 Å². The molecule has 1 aromatic carbocycles. The molecule has 0 atom stereocenters. The van der Waals surface area contributed by atoms with Crippen LogP contribution in [0.15, 0.2) is 30.7 Å². The zero-order valence-electron chi connectivity index (χ0n) is 14.6. The van der Waals surface area contributed by atoms with Crippen LogP contribution in [-0.4, -0.2) is 26.5 Å². The van der Waals surface area contributed by atoms with Crippen molar-refractivity contribution in [3.8, 4) is 0 Å². The average molecular weight is 335 g/mol. The van der Waals surface area contributed by atoms with Gasteiger partial charge in [0.2, 0.25) is 0 Å². The van der Waals surface area contributed by atoms with Gasteiger partial charge in [0.05, 0.1) is 0 Å². The average Bonchev–Trinajstić information content (AvgIpc) is 3.35. The highest BCUT2D eigenvalue weighted by Crippen LogP contribution is 2.27. The minimum Gasteiger partial charge on any atom is -0.349 e. The minimum absolute atomic E-state index is 0.0203. The summed E-state index contributed by atoms with van der Waals surface area (Å²) in [7, 11) is 0. The first-order valence-electron chi connectivity index (χ1n) is 8.51. The van der Waals surface area contributed by atoms with Gasteiger partial charge in [-0.3, -0.25) is 4.79 Å². The molecule has 6 nitrogen and oxygen atoms in total. The quantitative estimate of drug-likeness (QED) is 0.767. The Morgan fingerprint density at radius 1 is 1.20 bits per heavy atom. The molecule has 2 N–H and O–H groups in total. The molecule has 128 valence electrons. The highest BCUT2D eigenvalue weighted by atomic mass is 16.1.